The number of benzene rings is 4. The van der Waals surface area contributed by atoms with Crippen LogP contribution in [0.15, 0.2) is 75.8 Å². The second-order valence-electron chi connectivity index (χ2n) is 7.86. The third-order valence-electron chi connectivity index (χ3n) is 5.44. The Balaban J connectivity index is 1.82. The van der Waals surface area contributed by atoms with Crippen molar-refractivity contribution in [3.63, 3.8) is 0 Å². The van der Waals surface area contributed by atoms with Crippen LogP contribution in [0.2, 0.25) is 10.0 Å². The number of rotatable bonds is 6. The van der Waals surface area contributed by atoms with Crippen LogP contribution in [0, 0.1) is 6.92 Å². The molecule has 0 aromatic heterocycles. The van der Waals surface area contributed by atoms with Crippen LogP contribution in [0.4, 0.5) is 17.1 Å². The highest BCUT2D eigenvalue weighted by atomic mass is 35.5. The Bertz CT molecular complexity index is 1690. The van der Waals surface area contributed by atoms with Gasteiger partial charge in [0.25, 0.3) is 16.0 Å². The SMILES string of the molecule is COc1c(Cl)cccc1NC(=O)c1cc2ccccc2c(N=Nc2cc(S(=O)(=O)O)c(C)cc2Cl)c1O. The van der Waals surface area contributed by atoms with Gasteiger partial charge in [-0.05, 0) is 48.2 Å². The van der Waals surface area contributed by atoms with Crippen LogP contribution in [-0.2, 0) is 10.1 Å². The summed E-state index contributed by atoms with van der Waals surface area (Å²) in [4.78, 5) is 12.8. The number of aromatic hydroxyl groups is 1. The maximum Gasteiger partial charge on any atom is 0.294 e. The molecule has 3 N–H and O–H groups in total. The molecule has 4 aromatic carbocycles. The molecule has 0 aliphatic heterocycles. The summed E-state index contributed by atoms with van der Waals surface area (Å²) in [5, 5.41) is 23.2. The van der Waals surface area contributed by atoms with E-state index in [2.05, 4.69) is 15.5 Å². The predicted octanol–water partition coefficient (Wildman–Crippen LogP) is 7.08. The fraction of sp³-hybridized carbons (Fsp3) is 0.0800. The fourth-order valence-corrected chi connectivity index (χ4v) is 4.93. The standard InChI is InChI=1S/C25H19Cl2N3O6S/c1-13-10-18(27)20(12-21(13)37(33,34)35)29-30-22-15-7-4-3-6-14(15)11-16(23(22)31)25(32)28-19-9-5-8-17(26)24(19)36-2/h3-12,31H,1-2H3,(H,28,32)(H,33,34,35). The largest absolute Gasteiger partial charge is 0.505 e. The number of phenolic OH excluding ortho intramolecular Hbond substituents is 1. The highest BCUT2D eigenvalue weighted by Gasteiger charge is 2.21. The van der Waals surface area contributed by atoms with Gasteiger partial charge in [-0.1, -0.05) is 53.5 Å². The zero-order valence-corrected chi connectivity index (χ0v) is 21.7. The van der Waals surface area contributed by atoms with Gasteiger partial charge in [0.05, 0.1) is 33.3 Å². The van der Waals surface area contributed by atoms with Crippen molar-refractivity contribution in [1.82, 2.24) is 0 Å². The molecule has 0 saturated carbocycles. The average Bonchev–Trinajstić information content (AvgIpc) is 2.83. The van der Waals surface area contributed by atoms with Gasteiger partial charge in [-0.2, -0.15) is 8.42 Å². The molecule has 0 aliphatic carbocycles. The lowest BCUT2D eigenvalue weighted by Gasteiger charge is -2.14. The molecule has 0 heterocycles. The molecular formula is C25H19Cl2N3O6S. The number of phenols is 1. The molecular weight excluding hydrogens is 541 g/mol. The lowest BCUT2D eigenvalue weighted by molar-refractivity contribution is 0.102. The molecule has 0 radical (unpaired) electrons. The summed E-state index contributed by atoms with van der Waals surface area (Å²) < 4.78 is 38.1. The van der Waals surface area contributed by atoms with Gasteiger partial charge in [-0.25, -0.2) is 0 Å². The van der Waals surface area contributed by atoms with E-state index in [-0.39, 0.29) is 43.2 Å². The lowest BCUT2D eigenvalue weighted by atomic mass is 10.0. The van der Waals surface area contributed by atoms with E-state index in [1.165, 1.54) is 26.2 Å². The van der Waals surface area contributed by atoms with Gasteiger partial charge < -0.3 is 15.2 Å². The molecule has 0 saturated heterocycles. The lowest BCUT2D eigenvalue weighted by Crippen LogP contribution is -2.13. The first-order chi connectivity index (χ1) is 17.5. The third kappa shape index (κ3) is 5.37. The zero-order valence-electron chi connectivity index (χ0n) is 19.4. The summed E-state index contributed by atoms with van der Waals surface area (Å²) in [5.41, 5.74) is 0.284. The maximum atomic E-state index is 13.2. The van der Waals surface area contributed by atoms with Crippen LogP contribution in [0.25, 0.3) is 10.8 Å². The molecule has 0 unspecified atom stereocenters. The number of halogens is 2. The predicted molar refractivity (Wildman–Crippen MR) is 142 cm³/mol. The Kier molecular flexibility index (Phi) is 7.37. The van der Waals surface area contributed by atoms with Crippen molar-refractivity contribution < 1.29 is 27.6 Å². The fourth-order valence-electron chi connectivity index (χ4n) is 3.70. The minimum absolute atomic E-state index is 0.0497. The first kappa shape index (κ1) is 26.4. The number of anilines is 1. The molecule has 0 spiro atoms. The first-order valence-electron chi connectivity index (χ1n) is 10.6. The molecule has 4 aromatic rings. The smallest absolute Gasteiger partial charge is 0.294 e. The minimum Gasteiger partial charge on any atom is -0.505 e. The van der Waals surface area contributed by atoms with Crippen molar-refractivity contribution in [2.45, 2.75) is 11.8 Å². The Morgan fingerprint density at radius 3 is 2.43 bits per heavy atom. The zero-order chi connectivity index (χ0) is 26.9. The average molecular weight is 560 g/mol. The van der Waals surface area contributed by atoms with Crippen LogP contribution >= 0.6 is 23.2 Å². The molecule has 0 fully saturated rings. The second kappa shape index (κ2) is 10.3. The third-order valence-corrected chi connectivity index (χ3v) is 7.04. The number of carbonyl (C=O) groups is 1. The van der Waals surface area contributed by atoms with Gasteiger partial charge in [0.1, 0.15) is 11.4 Å². The number of ether oxygens (including phenoxy) is 1. The van der Waals surface area contributed by atoms with E-state index in [9.17, 15) is 22.9 Å². The van der Waals surface area contributed by atoms with Crippen LogP contribution in [-0.4, -0.2) is 31.1 Å². The van der Waals surface area contributed by atoms with E-state index in [0.717, 1.165) is 6.07 Å². The van der Waals surface area contributed by atoms with Gasteiger partial charge in [-0.15, -0.1) is 10.2 Å². The molecule has 0 aliphatic rings. The van der Waals surface area contributed by atoms with E-state index < -0.39 is 21.8 Å². The summed E-state index contributed by atoms with van der Waals surface area (Å²) in [6.45, 7) is 1.46. The Morgan fingerprint density at radius 1 is 1.00 bits per heavy atom. The number of azo groups is 1. The highest BCUT2D eigenvalue weighted by molar-refractivity contribution is 7.85. The minimum atomic E-state index is -4.54. The number of hydrogen-bond acceptors (Lipinski definition) is 7. The van der Waals surface area contributed by atoms with Crippen LogP contribution in [0.5, 0.6) is 11.5 Å². The number of fused-ring (bicyclic) bond motifs is 1. The molecule has 4 rings (SSSR count). The van der Waals surface area contributed by atoms with Gasteiger partial charge in [0.15, 0.2) is 11.5 Å². The first-order valence-corrected chi connectivity index (χ1v) is 12.8. The maximum absolute atomic E-state index is 13.2. The molecule has 0 bridgehead atoms. The highest BCUT2D eigenvalue weighted by Crippen LogP contribution is 2.41. The molecule has 190 valence electrons. The van der Waals surface area contributed by atoms with Gasteiger partial charge in [0.2, 0.25) is 0 Å². The van der Waals surface area contributed by atoms with E-state index in [1.54, 1.807) is 42.5 Å². The van der Waals surface area contributed by atoms with Crippen molar-refractivity contribution in [1.29, 1.82) is 0 Å². The number of nitrogens with zero attached hydrogens (tertiary/aromatic N) is 2. The Labute approximate surface area is 222 Å². The molecule has 12 heteroatoms. The normalized spacial score (nSPS) is 11.7. The van der Waals surface area contributed by atoms with Crippen molar-refractivity contribution in [3.8, 4) is 11.5 Å². The van der Waals surface area contributed by atoms with Crippen LogP contribution in [0.1, 0.15) is 15.9 Å². The number of aryl methyl sites for hydroxylation is 1. The van der Waals surface area contributed by atoms with E-state index in [0.29, 0.717) is 16.5 Å². The van der Waals surface area contributed by atoms with Crippen molar-refractivity contribution in [2.24, 2.45) is 10.2 Å². The number of methoxy groups -OCH3 is 1. The number of nitrogens with one attached hydrogen (secondary N) is 1. The number of amides is 1. The summed E-state index contributed by atoms with van der Waals surface area (Å²) in [5.74, 6) is -0.886. The van der Waals surface area contributed by atoms with E-state index in [4.69, 9.17) is 27.9 Å². The summed E-state index contributed by atoms with van der Waals surface area (Å²) in [6.07, 6.45) is 0. The quantitative estimate of drug-likeness (QED) is 0.170. The van der Waals surface area contributed by atoms with Gasteiger partial charge >= 0.3 is 0 Å². The summed E-state index contributed by atoms with van der Waals surface area (Å²) in [6, 6.07) is 15.6. The number of hydrogen-bond donors (Lipinski definition) is 3. The van der Waals surface area contributed by atoms with Crippen molar-refractivity contribution in [2.75, 3.05) is 12.4 Å². The van der Waals surface area contributed by atoms with E-state index >= 15 is 0 Å². The molecule has 37 heavy (non-hydrogen) atoms. The number of para-hydroxylation sites is 1. The monoisotopic (exact) mass is 559 g/mol. The van der Waals surface area contributed by atoms with Crippen LogP contribution < -0.4 is 10.1 Å². The Hall–Kier alpha value is -3.70. The van der Waals surface area contributed by atoms with Crippen molar-refractivity contribution >= 4 is 67.1 Å². The van der Waals surface area contributed by atoms with Gasteiger partial charge in [0, 0.05) is 5.39 Å². The Morgan fingerprint density at radius 2 is 1.73 bits per heavy atom. The molecule has 0 atom stereocenters. The molecule has 9 nitrogen and oxygen atoms in total. The number of carbonyl (C=O) groups excluding carboxylic acids is 1. The van der Waals surface area contributed by atoms with E-state index in [1.807, 2.05) is 0 Å². The topological polar surface area (TPSA) is 138 Å². The summed E-state index contributed by atoms with van der Waals surface area (Å²) in [7, 11) is -3.13. The molecule has 1 amide bonds. The van der Waals surface area contributed by atoms with Gasteiger partial charge in [-0.3, -0.25) is 9.35 Å². The summed E-state index contributed by atoms with van der Waals surface area (Å²) >= 11 is 12.3. The van der Waals surface area contributed by atoms with Crippen LogP contribution in [0.3, 0.4) is 0 Å². The second-order valence-corrected chi connectivity index (χ2v) is 10.1. The van der Waals surface area contributed by atoms with Crippen molar-refractivity contribution in [3.05, 3.63) is 81.8 Å².